The molecule has 11 heteroatoms. The molecule has 0 saturated heterocycles. The molecule has 0 aliphatic carbocycles. The number of carbonyl (C=O) groups excluding carboxylic acids is 1. The van der Waals surface area contributed by atoms with Gasteiger partial charge in [-0.3, -0.25) is 24.7 Å². The Kier molecular flexibility index (Phi) is 5.88. The van der Waals surface area contributed by atoms with E-state index < -0.39 is 10.8 Å². The highest BCUT2D eigenvalue weighted by Gasteiger charge is 2.21. The van der Waals surface area contributed by atoms with Gasteiger partial charge in [-0.25, -0.2) is 4.98 Å². The molecule has 0 aliphatic rings. The van der Waals surface area contributed by atoms with E-state index in [1.807, 2.05) is 24.4 Å². The summed E-state index contributed by atoms with van der Waals surface area (Å²) in [6, 6.07) is 9.75. The summed E-state index contributed by atoms with van der Waals surface area (Å²) in [5, 5.41) is 20.5. The summed E-state index contributed by atoms with van der Waals surface area (Å²) in [6.07, 6.45) is 0.531. The third kappa shape index (κ3) is 4.17. The fourth-order valence-corrected chi connectivity index (χ4v) is 4.22. The molecule has 3 heterocycles. The molecule has 0 spiro atoms. The van der Waals surface area contributed by atoms with Crippen molar-refractivity contribution in [1.29, 1.82) is 0 Å². The maximum absolute atomic E-state index is 13.1. The molecular formula is C22H20N6O4S. The number of nitrogens with zero attached hydrogens (tertiary/aromatic N) is 4. The van der Waals surface area contributed by atoms with E-state index in [9.17, 15) is 19.7 Å². The van der Waals surface area contributed by atoms with E-state index in [-0.39, 0.29) is 34.1 Å². The largest absolute Gasteiger partial charge is 0.306 e. The molecule has 1 amide bonds. The second-order valence-electron chi connectivity index (χ2n) is 7.27. The lowest BCUT2D eigenvalue weighted by Crippen LogP contribution is -2.22. The maximum atomic E-state index is 13.1. The monoisotopic (exact) mass is 464 g/mol. The van der Waals surface area contributed by atoms with Crippen LogP contribution >= 0.6 is 11.3 Å². The van der Waals surface area contributed by atoms with Crippen LogP contribution in [0.1, 0.15) is 34.1 Å². The molecule has 0 radical (unpaired) electrons. The van der Waals surface area contributed by atoms with Crippen LogP contribution in [0.2, 0.25) is 0 Å². The Morgan fingerprint density at radius 3 is 2.70 bits per heavy atom. The topological polar surface area (TPSA) is 136 Å². The third-order valence-corrected chi connectivity index (χ3v) is 6.13. The summed E-state index contributed by atoms with van der Waals surface area (Å²) in [4.78, 5) is 44.4. The Labute approximate surface area is 192 Å². The molecular weight excluding hydrogens is 444 g/mol. The summed E-state index contributed by atoms with van der Waals surface area (Å²) in [6.45, 7) is 5.13. The number of carbonyl (C=O) groups is 1. The second kappa shape index (κ2) is 8.79. The van der Waals surface area contributed by atoms with Crippen molar-refractivity contribution in [3.63, 3.8) is 0 Å². The van der Waals surface area contributed by atoms with E-state index in [2.05, 4.69) is 20.4 Å². The molecule has 4 aromatic rings. The number of H-pyrrole nitrogens is 1. The van der Waals surface area contributed by atoms with E-state index >= 15 is 0 Å². The van der Waals surface area contributed by atoms with Crippen molar-refractivity contribution < 1.29 is 9.72 Å². The van der Waals surface area contributed by atoms with Gasteiger partial charge in [0.25, 0.3) is 17.2 Å². The standard InChI is InChI=1S/C22H20N6O4S/c1-4-14-13(3)23-22(25-20(14)29)27-19(11-16(26-27)18-9-6-10-33-18)24-21(30)15-7-5-8-17(12(15)2)28(31)32/h5-11H,4H2,1-3H3,(H,24,30)(H,23,25,29). The van der Waals surface area contributed by atoms with Crippen LogP contribution in [-0.4, -0.2) is 30.6 Å². The van der Waals surface area contributed by atoms with Gasteiger partial charge in [-0.1, -0.05) is 19.1 Å². The Balaban J connectivity index is 1.80. The molecule has 0 aliphatic heterocycles. The smallest absolute Gasteiger partial charge is 0.273 e. The number of aromatic nitrogens is 4. The summed E-state index contributed by atoms with van der Waals surface area (Å²) in [7, 11) is 0. The average Bonchev–Trinajstić information content (AvgIpc) is 3.43. The Hall–Kier alpha value is -4.12. The number of nitro benzene ring substituents is 1. The average molecular weight is 465 g/mol. The minimum absolute atomic E-state index is 0.146. The van der Waals surface area contributed by atoms with Crippen LogP contribution < -0.4 is 10.9 Å². The van der Waals surface area contributed by atoms with E-state index in [0.29, 0.717) is 23.4 Å². The Bertz CT molecular complexity index is 1420. The number of amides is 1. The van der Waals surface area contributed by atoms with E-state index in [4.69, 9.17) is 0 Å². The number of nitro groups is 1. The molecule has 10 nitrogen and oxygen atoms in total. The van der Waals surface area contributed by atoms with Gasteiger partial charge in [-0.05, 0) is 37.8 Å². The quantitative estimate of drug-likeness (QED) is 0.327. The minimum atomic E-state index is -0.542. The van der Waals surface area contributed by atoms with Crippen molar-refractivity contribution >= 4 is 28.7 Å². The number of rotatable bonds is 6. The molecule has 4 rings (SSSR count). The first-order valence-corrected chi connectivity index (χ1v) is 11.0. The SMILES string of the molecule is CCc1c(C)nc(-n2nc(-c3cccs3)cc2NC(=O)c2cccc([N+](=O)[O-])c2C)[nH]c1=O. The first kappa shape index (κ1) is 22.1. The normalized spacial score (nSPS) is 10.9. The van der Waals surface area contributed by atoms with Crippen molar-refractivity contribution in [2.24, 2.45) is 0 Å². The zero-order chi connectivity index (χ0) is 23.7. The molecule has 0 unspecified atom stereocenters. The van der Waals surface area contributed by atoms with Gasteiger partial charge in [-0.15, -0.1) is 11.3 Å². The lowest BCUT2D eigenvalue weighted by Gasteiger charge is -2.11. The van der Waals surface area contributed by atoms with Gasteiger partial charge in [0.2, 0.25) is 5.95 Å². The molecule has 2 N–H and O–H groups in total. The van der Waals surface area contributed by atoms with E-state index in [1.54, 1.807) is 13.0 Å². The second-order valence-corrected chi connectivity index (χ2v) is 8.22. The van der Waals surface area contributed by atoms with Crippen LogP contribution in [0.5, 0.6) is 0 Å². The number of nitrogens with one attached hydrogen (secondary N) is 2. The number of hydrogen-bond donors (Lipinski definition) is 2. The molecule has 33 heavy (non-hydrogen) atoms. The highest BCUT2D eigenvalue weighted by atomic mass is 32.1. The molecule has 0 atom stereocenters. The molecule has 0 fully saturated rings. The number of hydrogen-bond acceptors (Lipinski definition) is 7. The van der Waals surface area contributed by atoms with Crippen LogP contribution in [0.4, 0.5) is 11.5 Å². The predicted octanol–water partition coefficient (Wildman–Crippen LogP) is 4.02. The lowest BCUT2D eigenvalue weighted by molar-refractivity contribution is -0.385. The van der Waals surface area contributed by atoms with Crippen LogP contribution in [-0.2, 0) is 6.42 Å². The Morgan fingerprint density at radius 2 is 2.06 bits per heavy atom. The van der Waals surface area contributed by atoms with Crippen LogP contribution in [0.25, 0.3) is 16.5 Å². The van der Waals surface area contributed by atoms with Gasteiger partial charge < -0.3 is 5.32 Å². The first-order chi connectivity index (χ1) is 15.8. The predicted molar refractivity (Wildman–Crippen MR) is 125 cm³/mol. The number of aryl methyl sites for hydroxylation is 1. The van der Waals surface area contributed by atoms with Crippen LogP contribution in [0, 0.1) is 24.0 Å². The van der Waals surface area contributed by atoms with Crippen molar-refractivity contribution in [3.8, 4) is 16.5 Å². The number of benzene rings is 1. The van der Waals surface area contributed by atoms with Gasteiger partial charge in [0, 0.05) is 34.5 Å². The molecule has 1 aromatic carbocycles. The van der Waals surface area contributed by atoms with Gasteiger partial charge in [-0.2, -0.15) is 9.78 Å². The maximum Gasteiger partial charge on any atom is 0.273 e. The van der Waals surface area contributed by atoms with E-state index in [0.717, 1.165) is 4.88 Å². The summed E-state index contributed by atoms with van der Waals surface area (Å²) in [5.74, 6) is -0.121. The molecule has 0 saturated carbocycles. The molecule has 168 valence electrons. The van der Waals surface area contributed by atoms with E-state index in [1.165, 1.54) is 41.1 Å². The number of anilines is 1. The van der Waals surface area contributed by atoms with Crippen LogP contribution in [0.15, 0.2) is 46.6 Å². The summed E-state index contributed by atoms with van der Waals surface area (Å²) >= 11 is 1.47. The van der Waals surface area contributed by atoms with Gasteiger partial charge in [0.1, 0.15) is 11.5 Å². The van der Waals surface area contributed by atoms with Crippen molar-refractivity contribution in [1.82, 2.24) is 19.7 Å². The van der Waals surface area contributed by atoms with Crippen molar-refractivity contribution in [2.75, 3.05) is 5.32 Å². The zero-order valence-electron chi connectivity index (χ0n) is 18.1. The number of aromatic amines is 1. The minimum Gasteiger partial charge on any atom is -0.306 e. The van der Waals surface area contributed by atoms with Crippen LogP contribution in [0.3, 0.4) is 0 Å². The Morgan fingerprint density at radius 1 is 1.27 bits per heavy atom. The highest BCUT2D eigenvalue weighted by molar-refractivity contribution is 7.13. The van der Waals surface area contributed by atoms with Crippen molar-refractivity contribution in [2.45, 2.75) is 27.2 Å². The lowest BCUT2D eigenvalue weighted by atomic mass is 10.1. The molecule has 0 bridgehead atoms. The first-order valence-electron chi connectivity index (χ1n) is 10.1. The van der Waals surface area contributed by atoms with Gasteiger partial charge in [0.15, 0.2) is 0 Å². The fraction of sp³-hybridized carbons (Fsp3) is 0.182. The zero-order valence-corrected chi connectivity index (χ0v) is 18.9. The van der Waals surface area contributed by atoms with Gasteiger partial charge >= 0.3 is 0 Å². The summed E-state index contributed by atoms with van der Waals surface area (Å²) in [5.41, 5.74) is 1.70. The van der Waals surface area contributed by atoms with Crippen molar-refractivity contribution in [3.05, 3.63) is 84.6 Å². The molecule has 3 aromatic heterocycles. The summed E-state index contributed by atoms with van der Waals surface area (Å²) < 4.78 is 1.35. The van der Waals surface area contributed by atoms with Gasteiger partial charge in [0.05, 0.1) is 9.80 Å². The number of thiophene rings is 1. The fourth-order valence-electron chi connectivity index (χ4n) is 3.54. The highest BCUT2D eigenvalue weighted by Crippen LogP contribution is 2.28. The third-order valence-electron chi connectivity index (χ3n) is 5.24.